The molecule has 1 spiro atoms. The third-order valence-electron chi connectivity index (χ3n) is 5.87. The van der Waals surface area contributed by atoms with E-state index in [0.717, 1.165) is 63.1 Å². The number of aromatic nitrogens is 2. The minimum absolute atomic E-state index is 0.147. The van der Waals surface area contributed by atoms with Crippen LogP contribution < -0.4 is 0 Å². The molecule has 5 nitrogen and oxygen atoms in total. The highest BCUT2D eigenvalue weighted by molar-refractivity contribution is 5.84. The van der Waals surface area contributed by atoms with E-state index >= 15 is 0 Å². The number of likely N-dealkylation sites (tertiary alicyclic amines) is 2. The SMILES string of the molecule is O=C1N(Cc2ccncc2)CCC12CCCN(Cc1ccccn1)CC2. The second kappa shape index (κ2) is 7.54. The molecular weight excluding hydrogens is 324 g/mol. The zero-order valence-corrected chi connectivity index (χ0v) is 15.2. The van der Waals surface area contributed by atoms with Crippen LogP contribution in [-0.2, 0) is 17.9 Å². The molecule has 2 fully saturated rings. The highest BCUT2D eigenvalue weighted by Gasteiger charge is 2.46. The van der Waals surface area contributed by atoms with Crippen LogP contribution in [0.3, 0.4) is 0 Å². The Morgan fingerprint density at radius 3 is 2.58 bits per heavy atom. The lowest BCUT2D eigenvalue weighted by molar-refractivity contribution is -0.137. The van der Waals surface area contributed by atoms with Crippen molar-refractivity contribution in [2.24, 2.45) is 5.41 Å². The fourth-order valence-corrected chi connectivity index (χ4v) is 4.35. The molecular formula is C21H26N4O. The maximum atomic E-state index is 13.2. The van der Waals surface area contributed by atoms with Gasteiger partial charge in [-0.2, -0.15) is 0 Å². The Balaban J connectivity index is 1.39. The molecule has 1 unspecified atom stereocenters. The van der Waals surface area contributed by atoms with Crippen molar-refractivity contribution in [1.29, 1.82) is 0 Å². The maximum Gasteiger partial charge on any atom is 0.229 e. The maximum absolute atomic E-state index is 13.2. The Hall–Kier alpha value is -2.27. The standard InChI is InChI=1S/C21H26N4O/c26-20-21(9-15-25(20)16-18-5-11-22-12-6-18)7-3-13-24(14-8-21)17-19-4-1-2-10-23-19/h1-2,4-6,10-12H,3,7-9,13-17H2. The molecule has 4 rings (SSSR count). The molecule has 0 N–H and O–H groups in total. The summed E-state index contributed by atoms with van der Waals surface area (Å²) in [5.74, 6) is 0.356. The second-order valence-corrected chi connectivity index (χ2v) is 7.56. The Labute approximate surface area is 155 Å². The number of hydrogen-bond acceptors (Lipinski definition) is 4. The molecule has 1 amide bonds. The predicted molar refractivity (Wildman–Crippen MR) is 100 cm³/mol. The van der Waals surface area contributed by atoms with E-state index < -0.39 is 0 Å². The van der Waals surface area contributed by atoms with Crippen molar-refractivity contribution in [3.8, 4) is 0 Å². The van der Waals surface area contributed by atoms with E-state index in [2.05, 4.69) is 20.9 Å². The van der Waals surface area contributed by atoms with Gasteiger partial charge in [-0.15, -0.1) is 0 Å². The molecule has 5 heteroatoms. The number of amides is 1. The van der Waals surface area contributed by atoms with Crippen molar-refractivity contribution in [2.75, 3.05) is 19.6 Å². The number of nitrogens with zero attached hydrogens (tertiary/aromatic N) is 4. The average Bonchev–Trinajstić information content (AvgIpc) is 2.85. The van der Waals surface area contributed by atoms with Gasteiger partial charge in [-0.1, -0.05) is 6.07 Å². The molecule has 2 saturated heterocycles. The number of hydrogen-bond donors (Lipinski definition) is 0. The fourth-order valence-electron chi connectivity index (χ4n) is 4.35. The number of carbonyl (C=O) groups is 1. The number of pyridine rings is 2. The van der Waals surface area contributed by atoms with Crippen molar-refractivity contribution in [2.45, 2.75) is 38.8 Å². The van der Waals surface area contributed by atoms with Gasteiger partial charge in [-0.3, -0.25) is 19.7 Å². The van der Waals surface area contributed by atoms with Crippen molar-refractivity contribution in [3.05, 3.63) is 60.2 Å². The minimum atomic E-state index is -0.147. The van der Waals surface area contributed by atoms with Crippen LogP contribution in [0, 0.1) is 5.41 Å². The summed E-state index contributed by atoms with van der Waals surface area (Å²) in [4.78, 5) is 26.2. The van der Waals surface area contributed by atoms with E-state index in [1.54, 1.807) is 12.4 Å². The Morgan fingerprint density at radius 2 is 1.77 bits per heavy atom. The largest absolute Gasteiger partial charge is 0.338 e. The lowest BCUT2D eigenvalue weighted by Gasteiger charge is -2.27. The average molecular weight is 350 g/mol. The minimum Gasteiger partial charge on any atom is -0.338 e. The van der Waals surface area contributed by atoms with Crippen LogP contribution in [0.15, 0.2) is 48.9 Å². The summed E-state index contributed by atoms with van der Waals surface area (Å²) < 4.78 is 0. The molecule has 2 aliphatic rings. The molecule has 0 aromatic carbocycles. The molecule has 2 aromatic rings. The van der Waals surface area contributed by atoms with Crippen LogP contribution in [0.4, 0.5) is 0 Å². The van der Waals surface area contributed by atoms with Gasteiger partial charge in [0.25, 0.3) is 0 Å². The van der Waals surface area contributed by atoms with Crippen molar-refractivity contribution in [3.63, 3.8) is 0 Å². The predicted octanol–water partition coefficient (Wildman–Crippen LogP) is 2.88. The molecule has 2 aromatic heterocycles. The van der Waals surface area contributed by atoms with Gasteiger partial charge in [0.2, 0.25) is 5.91 Å². The van der Waals surface area contributed by atoms with Gasteiger partial charge in [0, 0.05) is 38.2 Å². The molecule has 26 heavy (non-hydrogen) atoms. The summed E-state index contributed by atoms with van der Waals surface area (Å²) in [6.07, 6.45) is 9.50. The first kappa shape index (κ1) is 17.2. The lowest BCUT2D eigenvalue weighted by atomic mass is 9.79. The van der Waals surface area contributed by atoms with Gasteiger partial charge in [0.1, 0.15) is 0 Å². The van der Waals surface area contributed by atoms with Crippen LogP contribution >= 0.6 is 0 Å². The summed E-state index contributed by atoms with van der Waals surface area (Å²) in [6.45, 7) is 4.50. The molecule has 136 valence electrons. The van der Waals surface area contributed by atoms with Crippen LogP contribution in [0.5, 0.6) is 0 Å². The highest BCUT2D eigenvalue weighted by atomic mass is 16.2. The van der Waals surface area contributed by atoms with Gasteiger partial charge < -0.3 is 4.90 Å². The summed E-state index contributed by atoms with van der Waals surface area (Å²) in [5.41, 5.74) is 2.13. The van der Waals surface area contributed by atoms with Crippen LogP contribution in [0.1, 0.15) is 36.9 Å². The molecule has 0 bridgehead atoms. The molecule has 0 radical (unpaired) electrons. The van der Waals surface area contributed by atoms with Crippen molar-refractivity contribution in [1.82, 2.24) is 19.8 Å². The van der Waals surface area contributed by atoms with Gasteiger partial charge in [-0.25, -0.2) is 0 Å². The van der Waals surface area contributed by atoms with E-state index in [0.29, 0.717) is 12.5 Å². The summed E-state index contributed by atoms with van der Waals surface area (Å²) in [6, 6.07) is 10.1. The van der Waals surface area contributed by atoms with Crippen LogP contribution in [0.25, 0.3) is 0 Å². The highest BCUT2D eigenvalue weighted by Crippen LogP contribution is 2.42. The van der Waals surface area contributed by atoms with E-state index in [1.807, 2.05) is 35.4 Å². The summed E-state index contributed by atoms with van der Waals surface area (Å²) in [7, 11) is 0. The second-order valence-electron chi connectivity index (χ2n) is 7.56. The summed E-state index contributed by atoms with van der Waals surface area (Å²) >= 11 is 0. The van der Waals surface area contributed by atoms with Crippen molar-refractivity contribution >= 4 is 5.91 Å². The van der Waals surface area contributed by atoms with Gasteiger partial charge >= 0.3 is 0 Å². The van der Waals surface area contributed by atoms with E-state index in [4.69, 9.17) is 0 Å². The first-order chi connectivity index (χ1) is 12.8. The number of carbonyl (C=O) groups excluding carboxylic acids is 1. The third kappa shape index (κ3) is 3.63. The van der Waals surface area contributed by atoms with Gasteiger partial charge in [0.15, 0.2) is 0 Å². The lowest BCUT2D eigenvalue weighted by Crippen LogP contribution is -2.35. The Bertz CT molecular complexity index is 736. The zero-order chi connectivity index (χ0) is 17.8. The van der Waals surface area contributed by atoms with E-state index in [1.165, 1.54) is 0 Å². The summed E-state index contributed by atoms with van der Waals surface area (Å²) in [5, 5.41) is 0. The van der Waals surface area contributed by atoms with Gasteiger partial charge in [0.05, 0.1) is 11.1 Å². The van der Waals surface area contributed by atoms with Crippen LogP contribution in [0.2, 0.25) is 0 Å². The van der Waals surface area contributed by atoms with E-state index in [9.17, 15) is 4.79 Å². The fraction of sp³-hybridized carbons (Fsp3) is 0.476. The quantitative estimate of drug-likeness (QED) is 0.851. The Kier molecular flexibility index (Phi) is 4.98. The van der Waals surface area contributed by atoms with Gasteiger partial charge in [-0.05, 0) is 68.6 Å². The molecule has 4 heterocycles. The number of rotatable bonds is 4. The van der Waals surface area contributed by atoms with Crippen molar-refractivity contribution < 1.29 is 4.79 Å². The Morgan fingerprint density at radius 1 is 0.923 bits per heavy atom. The third-order valence-corrected chi connectivity index (χ3v) is 5.87. The molecule has 0 saturated carbocycles. The first-order valence-electron chi connectivity index (χ1n) is 9.56. The van der Waals surface area contributed by atoms with Crippen LogP contribution in [-0.4, -0.2) is 45.3 Å². The van der Waals surface area contributed by atoms with E-state index in [-0.39, 0.29) is 5.41 Å². The first-order valence-corrected chi connectivity index (χ1v) is 9.56. The molecule has 0 aliphatic carbocycles. The molecule has 1 atom stereocenters. The monoisotopic (exact) mass is 350 g/mol. The molecule has 2 aliphatic heterocycles. The smallest absolute Gasteiger partial charge is 0.229 e. The zero-order valence-electron chi connectivity index (χ0n) is 15.2. The normalized spacial score (nSPS) is 24.2. The topological polar surface area (TPSA) is 49.3 Å².